The van der Waals surface area contributed by atoms with Gasteiger partial charge in [-0.05, 0) is 54.9 Å². The van der Waals surface area contributed by atoms with Gasteiger partial charge in [-0.15, -0.1) is 0 Å². The fourth-order valence-corrected chi connectivity index (χ4v) is 2.89. The first-order valence-corrected chi connectivity index (χ1v) is 7.61. The fourth-order valence-electron chi connectivity index (χ4n) is 2.28. The van der Waals surface area contributed by atoms with Gasteiger partial charge in [-0.3, -0.25) is 0 Å². The lowest BCUT2D eigenvalue weighted by Gasteiger charge is -2.18. The van der Waals surface area contributed by atoms with Gasteiger partial charge in [0.15, 0.2) is 0 Å². The molecule has 1 unspecified atom stereocenters. The molecule has 1 nitrogen and oxygen atoms in total. The third-order valence-electron chi connectivity index (χ3n) is 3.24. The summed E-state index contributed by atoms with van der Waals surface area (Å²) in [5, 5.41) is 3.91. The van der Waals surface area contributed by atoms with Crippen LogP contribution in [0.25, 0.3) is 0 Å². The largest absolute Gasteiger partial charge is 0.319 e. The number of rotatable bonds is 5. The van der Waals surface area contributed by atoms with Crippen molar-refractivity contribution in [1.82, 2.24) is 5.32 Å². The minimum absolute atomic E-state index is 0.211. The zero-order chi connectivity index (χ0) is 14.5. The Bertz CT molecular complexity index is 588. The van der Waals surface area contributed by atoms with Crippen LogP contribution in [-0.2, 0) is 6.42 Å². The van der Waals surface area contributed by atoms with Gasteiger partial charge >= 0.3 is 0 Å². The van der Waals surface area contributed by atoms with Crippen LogP contribution in [0.2, 0.25) is 5.02 Å². The topological polar surface area (TPSA) is 12.0 Å². The Hall–Kier alpha value is -0.900. The number of likely N-dealkylation sites (N-methyl/N-ethyl adjacent to an activating group) is 1. The van der Waals surface area contributed by atoms with Crippen LogP contribution >= 0.6 is 27.5 Å². The van der Waals surface area contributed by atoms with Crippen molar-refractivity contribution in [2.45, 2.75) is 12.3 Å². The van der Waals surface area contributed by atoms with E-state index in [9.17, 15) is 4.39 Å². The molecule has 0 saturated heterocycles. The third kappa shape index (κ3) is 4.05. The molecule has 0 amide bonds. The number of benzene rings is 2. The average Bonchev–Trinajstić information content (AvgIpc) is 2.42. The summed E-state index contributed by atoms with van der Waals surface area (Å²) in [6.45, 7) is 0.809. The number of nitrogens with one attached hydrogen (secondary N) is 1. The van der Waals surface area contributed by atoms with Crippen molar-refractivity contribution in [3.8, 4) is 0 Å². The number of hydrogen-bond donors (Lipinski definition) is 1. The molecule has 20 heavy (non-hydrogen) atoms. The van der Waals surface area contributed by atoms with Gasteiger partial charge in [-0.25, -0.2) is 4.39 Å². The zero-order valence-electron chi connectivity index (χ0n) is 11.2. The van der Waals surface area contributed by atoms with Crippen LogP contribution in [0.5, 0.6) is 0 Å². The van der Waals surface area contributed by atoms with Crippen LogP contribution in [0.1, 0.15) is 17.0 Å². The summed E-state index contributed by atoms with van der Waals surface area (Å²) in [5.74, 6) is 0.0364. The van der Waals surface area contributed by atoms with Crippen LogP contribution in [0.4, 0.5) is 4.39 Å². The molecule has 0 aliphatic heterocycles. The van der Waals surface area contributed by atoms with Crippen molar-refractivity contribution >= 4 is 27.5 Å². The van der Waals surface area contributed by atoms with Crippen molar-refractivity contribution < 1.29 is 4.39 Å². The van der Waals surface area contributed by atoms with E-state index in [1.54, 1.807) is 12.1 Å². The standard InChI is InChI=1S/C16H16BrClFN/c1-20-10-13(11-3-2-4-14(18)8-11)7-12-9-15(19)5-6-16(12)17/h2-6,8-9,13,20H,7,10H2,1H3. The molecular formula is C16H16BrClFN. The molecule has 0 radical (unpaired) electrons. The van der Waals surface area contributed by atoms with E-state index in [0.717, 1.165) is 33.6 Å². The average molecular weight is 357 g/mol. The molecule has 0 aliphatic rings. The van der Waals surface area contributed by atoms with Crippen molar-refractivity contribution in [2.75, 3.05) is 13.6 Å². The molecule has 2 aromatic carbocycles. The number of halogens is 3. The second-order valence-electron chi connectivity index (χ2n) is 4.75. The first-order valence-electron chi connectivity index (χ1n) is 6.44. The molecule has 0 aliphatic carbocycles. The Morgan fingerprint density at radius 1 is 1.25 bits per heavy atom. The molecule has 1 N–H and O–H groups in total. The SMILES string of the molecule is CNCC(Cc1cc(F)ccc1Br)c1cccc(Cl)c1. The lowest BCUT2D eigenvalue weighted by Crippen LogP contribution is -2.19. The highest BCUT2D eigenvalue weighted by atomic mass is 79.9. The van der Waals surface area contributed by atoms with E-state index in [2.05, 4.69) is 27.3 Å². The minimum Gasteiger partial charge on any atom is -0.319 e. The lowest BCUT2D eigenvalue weighted by molar-refractivity contribution is 0.607. The summed E-state index contributed by atoms with van der Waals surface area (Å²) < 4.78 is 14.3. The molecule has 2 rings (SSSR count). The fraction of sp³-hybridized carbons (Fsp3) is 0.250. The van der Waals surface area contributed by atoms with E-state index < -0.39 is 0 Å². The highest BCUT2D eigenvalue weighted by molar-refractivity contribution is 9.10. The smallest absolute Gasteiger partial charge is 0.123 e. The summed E-state index contributed by atoms with van der Waals surface area (Å²) >= 11 is 9.54. The molecule has 0 heterocycles. The maximum atomic E-state index is 13.4. The summed E-state index contributed by atoms with van der Waals surface area (Å²) in [7, 11) is 1.91. The van der Waals surface area contributed by atoms with Crippen LogP contribution in [0.15, 0.2) is 46.9 Å². The highest BCUT2D eigenvalue weighted by Gasteiger charge is 2.14. The van der Waals surface area contributed by atoms with Gasteiger partial charge in [0.25, 0.3) is 0 Å². The van der Waals surface area contributed by atoms with Gasteiger partial charge in [-0.1, -0.05) is 39.7 Å². The molecule has 0 saturated carbocycles. The first-order chi connectivity index (χ1) is 9.60. The third-order valence-corrected chi connectivity index (χ3v) is 4.25. The quantitative estimate of drug-likeness (QED) is 0.812. The van der Waals surface area contributed by atoms with E-state index in [0.29, 0.717) is 0 Å². The van der Waals surface area contributed by atoms with E-state index in [-0.39, 0.29) is 11.7 Å². The summed E-state index contributed by atoms with van der Waals surface area (Å²) in [4.78, 5) is 0. The van der Waals surface area contributed by atoms with Crippen LogP contribution in [-0.4, -0.2) is 13.6 Å². The summed E-state index contributed by atoms with van der Waals surface area (Å²) in [6.07, 6.45) is 0.750. The van der Waals surface area contributed by atoms with E-state index in [4.69, 9.17) is 11.6 Å². The van der Waals surface area contributed by atoms with E-state index >= 15 is 0 Å². The predicted molar refractivity (Wildman–Crippen MR) is 85.9 cm³/mol. The monoisotopic (exact) mass is 355 g/mol. The molecular weight excluding hydrogens is 341 g/mol. The summed E-state index contributed by atoms with van der Waals surface area (Å²) in [6, 6.07) is 12.6. The van der Waals surface area contributed by atoms with Gasteiger partial charge in [0.1, 0.15) is 5.82 Å². The molecule has 2 aromatic rings. The normalized spacial score (nSPS) is 12.4. The van der Waals surface area contributed by atoms with Gasteiger partial charge in [0.2, 0.25) is 0 Å². The predicted octanol–water partition coefficient (Wildman–Crippen LogP) is 4.79. The van der Waals surface area contributed by atoms with Gasteiger partial charge in [0, 0.05) is 22.0 Å². The zero-order valence-corrected chi connectivity index (χ0v) is 13.5. The van der Waals surface area contributed by atoms with Gasteiger partial charge in [0.05, 0.1) is 0 Å². The van der Waals surface area contributed by atoms with Crippen molar-refractivity contribution in [2.24, 2.45) is 0 Å². The van der Waals surface area contributed by atoms with Crippen LogP contribution in [0, 0.1) is 5.82 Å². The van der Waals surface area contributed by atoms with Crippen LogP contribution < -0.4 is 5.32 Å². The first kappa shape index (κ1) is 15.5. The van der Waals surface area contributed by atoms with Crippen molar-refractivity contribution in [3.63, 3.8) is 0 Å². The highest BCUT2D eigenvalue weighted by Crippen LogP contribution is 2.27. The number of hydrogen-bond acceptors (Lipinski definition) is 1. The molecule has 106 valence electrons. The van der Waals surface area contributed by atoms with E-state index in [1.807, 2.05) is 25.2 Å². The molecule has 0 spiro atoms. The Kier molecular flexibility index (Phi) is 5.58. The second kappa shape index (κ2) is 7.21. The Morgan fingerprint density at radius 3 is 2.75 bits per heavy atom. The van der Waals surface area contributed by atoms with Gasteiger partial charge in [-0.2, -0.15) is 0 Å². The molecule has 0 bridgehead atoms. The maximum Gasteiger partial charge on any atom is 0.123 e. The molecule has 1 atom stereocenters. The van der Waals surface area contributed by atoms with Crippen molar-refractivity contribution in [3.05, 3.63) is 68.9 Å². The van der Waals surface area contributed by atoms with E-state index in [1.165, 1.54) is 6.07 Å². The Morgan fingerprint density at radius 2 is 2.05 bits per heavy atom. The second-order valence-corrected chi connectivity index (χ2v) is 6.04. The Labute approximate surface area is 132 Å². The van der Waals surface area contributed by atoms with Gasteiger partial charge < -0.3 is 5.32 Å². The lowest BCUT2D eigenvalue weighted by atomic mass is 9.92. The van der Waals surface area contributed by atoms with Crippen LogP contribution in [0.3, 0.4) is 0 Å². The Balaban J connectivity index is 2.27. The molecule has 0 aromatic heterocycles. The molecule has 4 heteroatoms. The van der Waals surface area contributed by atoms with Crippen molar-refractivity contribution in [1.29, 1.82) is 0 Å². The minimum atomic E-state index is -0.211. The molecule has 0 fully saturated rings. The maximum absolute atomic E-state index is 13.4. The summed E-state index contributed by atoms with van der Waals surface area (Å²) in [5.41, 5.74) is 2.12.